The Balaban J connectivity index is 3.14. The Morgan fingerprint density at radius 1 is 1.14 bits per heavy atom. The molecule has 8 heteroatoms. The lowest BCUT2D eigenvalue weighted by Crippen LogP contribution is -2.40. The van der Waals surface area contributed by atoms with E-state index in [0.717, 1.165) is 25.0 Å². The van der Waals surface area contributed by atoms with Crippen LogP contribution in [0.15, 0.2) is 29.4 Å². The third-order valence-corrected chi connectivity index (χ3v) is 4.19. The maximum absolute atomic E-state index is 12.9. The summed E-state index contributed by atoms with van der Waals surface area (Å²) in [5, 5.41) is 4.14. The number of carbonyl (C=O) groups excluding carboxylic acids is 1. The lowest BCUT2D eigenvalue weighted by molar-refractivity contribution is -0.138. The van der Waals surface area contributed by atoms with Gasteiger partial charge >= 0.3 is 12.1 Å². The summed E-state index contributed by atoms with van der Waals surface area (Å²) in [6.45, 7) is 11.4. The highest BCUT2D eigenvalue weighted by Gasteiger charge is 2.30. The van der Waals surface area contributed by atoms with E-state index in [2.05, 4.69) is 38.2 Å². The smallest absolute Gasteiger partial charge is 0.416 e. The van der Waals surface area contributed by atoms with E-state index in [4.69, 9.17) is 4.74 Å². The van der Waals surface area contributed by atoms with Crippen LogP contribution in [-0.4, -0.2) is 36.4 Å². The van der Waals surface area contributed by atoms with E-state index in [9.17, 15) is 18.0 Å². The minimum atomic E-state index is -4.45. The van der Waals surface area contributed by atoms with Crippen LogP contribution in [-0.2, 0) is 15.7 Å². The number of carbonyl (C=O) groups is 1. The van der Waals surface area contributed by atoms with Gasteiger partial charge in [0.25, 0.3) is 0 Å². The molecule has 0 aliphatic heterocycles. The van der Waals surface area contributed by atoms with Gasteiger partial charge in [0.15, 0.2) is 0 Å². The molecule has 0 aliphatic rings. The Bertz CT molecular complexity index is 661. The summed E-state index contributed by atoms with van der Waals surface area (Å²) < 4.78 is 43.9. The van der Waals surface area contributed by atoms with E-state index in [-0.39, 0.29) is 18.1 Å². The first-order valence-electron chi connectivity index (χ1n) is 9.97. The number of ether oxygens (including phenoxy) is 1. The number of rotatable bonds is 9. The van der Waals surface area contributed by atoms with Gasteiger partial charge in [0.05, 0.1) is 17.9 Å². The quantitative estimate of drug-likeness (QED) is 0.254. The maximum atomic E-state index is 12.9. The molecule has 0 radical (unpaired) electrons. The van der Waals surface area contributed by atoms with Crippen molar-refractivity contribution in [1.82, 2.24) is 4.90 Å². The van der Waals surface area contributed by atoms with E-state index >= 15 is 0 Å². The minimum absolute atomic E-state index is 0.0746. The number of benzene rings is 1. The normalized spacial score (nSPS) is 12.4. The number of halogens is 3. The molecule has 1 aromatic rings. The molecule has 29 heavy (non-hydrogen) atoms. The molecular formula is C21H32F3N3O2. The molecule has 0 aliphatic carbocycles. The first-order chi connectivity index (χ1) is 13.5. The summed E-state index contributed by atoms with van der Waals surface area (Å²) in [4.78, 5) is 14.4. The van der Waals surface area contributed by atoms with Gasteiger partial charge in [0.2, 0.25) is 5.84 Å². The van der Waals surface area contributed by atoms with Gasteiger partial charge in [0.1, 0.15) is 0 Å². The van der Waals surface area contributed by atoms with Crippen molar-refractivity contribution in [3.63, 3.8) is 0 Å². The van der Waals surface area contributed by atoms with Crippen molar-refractivity contribution in [2.24, 2.45) is 16.9 Å². The fraction of sp³-hybridized carbons (Fsp3) is 0.619. The van der Waals surface area contributed by atoms with Crippen LogP contribution in [0.3, 0.4) is 0 Å². The van der Waals surface area contributed by atoms with Gasteiger partial charge < -0.3 is 9.64 Å². The monoisotopic (exact) mass is 415 g/mol. The molecule has 1 N–H and O–H groups in total. The van der Waals surface area contributed by atoms with Crippen molar-refractivity contribution < 1.29 is 22.7 Å². The molecule has 0 atom stereocenters. The predicted octanol–water partition coefficient (Wildman–Crippen LogP) is 5.39. The van der Waals surface area contributed by atoms with Crippen molar-refractivity contribution in [2.75, 3.05) is 25.1 Å². The lowest BCUT2D eigenvalue weighted by Gasteiger charge is -2.26. The topological polar surface area (TPSA) is 53.9 Å². The average molecular weight is 416 g/mol. The summed E-state index contributed by atoms with van der Waals surface area (Å²) in [5.74, 6) is 0.331. The van der Waals surface area contributed by atoms with Crippen molar-refractivity contribution in [3.8, 4) is 0 Å². The van der Waals surface area contributed by atoms with Gasteiger partial charge in [-0.15, -0.1) is 5.10 Å². The first-order valence-corrected chi connectivity index (χ1v) is 9.97. The first kappa shape index (κ1) is 24.8. The Morgan fingerprint density at radius 3 is 2.21 bits per heavy atom. The molecule has 1 aromatic carbocycles. The van der Waals surface area contributed by atoms with Gasteiger partial charge in [-0.05, 0) is 49.8 Å². The fourth-order valence-corrected chi connectivity index (χ4v) is 2.48. The zero-order chi connectivity index (χ0) is 22.0. The third kappa shape index (κ3) is 9.19. The average Bonchev–Trinajstić information content (AvgIpc) is 2.62. The number of nitrogens with one attached hydrogen (secondary N) is 1. The number of hydrazone groups is 1. The van der Waals surface area contributed by atoms with E-state index in [0.29, 0.717) is 24.9 Å². The lowest BCUT2D eigenvalue weighted by atomic mass is 10.1. The van der Waals surface area contributed by atoms with Crippen molar-refractivity contribution in [1.29, 1.82) is 0 Å². The number of nitrogens with zero attached hydrogens (tertiary/aromatic N) is 2. The van der Waals surface area contributed by atoms with Gasteiger partial charge in [-0.2, -0.15) is 13.2 Å². The second-order valence-electron chi connectivity index (χ2n) is 7.70. The molecule has 1 rings (SSSR count). The van der Waals surface area contributed by atoms with E-state index in [1.807, 2.05) is 4.90 Å². The van der Waals surface area contributed by atoms with Gasteiger partial charge in [-0.1, -0.05) is 33.8 Å². The number of hydrogen-bond acceptors (Lipinski definition) is 4. The maximum Gasteiger partial charge on any atom is 0.416 e. The molecule has 0 aromatic heterocycles. The number of alkyl halides is 3. The van der Waals surface area contributed by atoms with Crippen LogP contribution in [0.2, 0.25) is 0 Å². The van der Waals surface area contributed by atoms with Crippen LogP contribution in [0, 0.1) is 11.8 Å². The number of anilines is 1. The van der Waals surface area contributed by atoms with Gasteiger partial charge in [0, 0.05) is 13.1 Å². The zero-order valence-corrected chi connectivity index (χ0v) is 17.8. The van der Waals surface area contributed by atoms with Crippen LogP contribution in [0.25, 0.3) is 0 Å². The summed E-state index contributed by atoms with van der Waals surface area (Å²) in [6.07, 6.45) is -2.76. The largest absolute Gasteiger partial charge is 0.460 e. The highest BCUT2D eigenvalue weighted by molar-refractivity contribution is 6.35. The van der Waals surface area contributed by atoms with Crippen LogP contribution in [0.5, 0.6) is 0 Å². The Morgan fingerprint density at radius 2 is 1.72 bits per heavy atom. The molecule has 0 unspecified atom stereocenters. The van der Waals surface area contributed by atoms with Gasteiger partial charge in [-0.3, -0.25) is 5.43 Å². The van der Waals surface area contributed by atoms with Crippen LogP contribution in [0.4, 0.5) is 18.9 Å². The second-order valence-corrected chi connectivity index (χ2v) is 7.70. The van der Waals surface area contributed by atoms with Gasteiger partial charge in [-0.25, -0.2) is 4.79 Å². The summed E-state index contributed by atoms with van der Waals surface area (Å²) in [5.41, 5.74) is 1.96. The minimum Gasteiger partial charge on any atom is -0.460 e. The molecule has 5 nitrogen and oxygen atoms in total. The number of esters is 1. The molecule has 0 heterocycles. The Kier molecular flexibility index (Phi) is 9.98. The third-order valence-electron chi connectivity index (χ3n) is 4.19. The summed E-state index contributed by atoms with van der Waals surface area (Å²) in [6, 6.07) is 4.70. The summed E-state index contributed by atoms with van der Waals surface area (Å²) >= 11 is 0. The SMILES string of the molecule is CCOC(=O)/C(=N/Nc1cccc(C(F)(F)F)c1)N(CCC(C)C)CCC(C)C. The molecule has 0 spiro atoms. The van der Waals surface area contributed by atoms with Crippen LogP contribution >= 0.6 is 0 Å². The highest BCUT2D eigenvalue weighted by Crippen LogP contribution is 2.30. The van der Waals surface area contributed by atoms with E-state index in [1.54, 1.807) is 6.92 Å². The molecule has 0 amide bonds. The van der Waals surface area contributed by atoms with Crippen molar-refractivity contribution >= 4 is 17.5 Å². The van der Waals surface area contributed by atoms with Crippen molar-refractivity contribution in [3.05, 3.63) is 29.8 Å². The zero-order valence-electron chi connectivity index (χ0n) is 17.8. The highest BCUT2D eigenvalue weighted by atomic mass is 19.4. The summed E-state index contributed by atoms with van der Waals surface area (Å²) in [7, 11) is 0. The predicted molar refractivity (Wildman–Crippen MR) is 110 cm³/mol. The molecule has 0 saturated carbocycles. The van der Waals surface area contributed by atoms with E-state index in [1.165, 1.54) is 12.1 Å². The Labute approximate surface area is 171 Å². The Hall–Kier alpha value is -2.25. The number of amidine groups is 1. The molecule has 0 fully saturated rings. The van der Waals surface area contributed by atoms with Crippen molar-refractivity contribution in [2.45, 2.75) is 53.6 Å². The number of hydrogen-bond donors (Lipinski definition) is 1. The van der Waals surface area contributed by atoms with Crippen LogP contribution < -0.4 is 5.43 Å². The second kappa shape index (κ2) is 11.7. The molecule has 0 saturated heterocycles. The van der Waals surface area contributed by atoms with E-state index < -0.39 is 17.7 Å². The van der Waals surface area contributed by atoms with Crippen LogP contribution in [0.1, 0.15) is 53.0 Å². The fourth-order valence-electron chi connectivity index (χ4n) is 2.48. The standard InChI is InChI=1S/C21H32F3N3O2/c1-6-29-20(28)19(27(12-10-15(2)3)13-11-16(4)5)26-25-18-9-7-8-17(14-18)21(22,23)24/h7-9,14-16,25H,6,10-13H2,1-5H3/b26-19-. The molecule has 164 valence electrons. The molecular weight excluding hydrogens is 383 g/mol. The molecule has 0 bridgehead atoms.